The van der Waals surface area contributed by atoms with Crippen molar-refractivity contribution in [2.75, 3.05) is 0 Å². The Labute approximate surface area is 116 Å². The number of Topliss-reactive ketones (excluding diaryl/α,β-unsaturated/α-hetero) is 1. The van der Waals surface area contributed by atoms with E-state index in [-0.39, 0.29) is 19.3 Å². The van der Waals surface area contributed by atoms with Gasteiger partial charge in [0.2, 0.25) is 5.78 Å². The topological polar surface area (TPSA) is 130 Å². The van der Waals surface area contributed by atoms with Crippen LogP contribution in [-0.2, 0) is 19.1 Å². The Morgan fingerprint density at radius 1 is 1.15 bits per heavy atom. The summed E-state index contributed by atoms with van der Waals surface area (Å²) in [4.78, 5) is 43.5. The maximum Gasteiger partial charge on any atom is 0.408 e. The van der Waals surface area contributed by atoms with E-state index in [1.54, 1.807) is 20.8 Å². The van der Waals surface area contributed by atoms with Crippen LogP contribution in [0.3, 0.4) is 0 Å². The molecule has 0 rings (SSSR count). The zero-order valence-corrected chi connectivity index (χ0v) is 11.6. The molecule has 0 spiro atoms. The lowest BCUT2D eigenvalue weighted by Gasteiger charge is -2.21. The highest BCUT2D eigenvalue weighted by molar-refractivity contribution is 6.32. The third-order valence-corrected chi connectivity index (χ3v) is 2.12. The molecule has 0 aliphatic carbocycles. The number of rotatable bonds is 7. The van der Waals surface area contributed by atoms with Crippen LogP contribution in [0.4, 0.5) is 4.79 Å². The van der Waals surface area contributed by atoms with Crippen molar-refractivity contribution in [2.24, 2.45) is 0 Å². The fourth-order valence-corrected chi connectivity index (χ4v) is 1.28. The molecule has 0 aromatic rings. The molecule has 1 amide bonds. The van der Waals surface area contributed by atoms with Crippen molar-refractivity contribution in [3.05, 3.63) is 0 Å². The number of ether oxygens (including phenoxy) is 1. The van der Waals surface area contributed by atoms with Gasteiger partial charge in [-0.15, -0.1) is 0 Å². The lowest BCUT2D eigenvalue weighted by molar-refractivity contribution is -0.149. The summed E-state index contributed by atoms with van der Waals surface area (Å²) in [5.74, 6) is -3.83. The molecule has 1 atom stereocenters. The second kappa shape index (κ2) is 7.46. The summed E-state index contributed by atoms with van der Waals surface area (Å²) in [5.41, 5.74) is -0.758. The molecule has 0 radical (unpaired) electrons. The number of aliphatic carboxylic acids is 2. The number of carbonyl (C=O) groups excluding carboxylic acids is 2. The minimum absolute atomic E-state index is 0.0396. The van der Waals surface area contributed by atoms with Crippen molar-refractivity contribution < 1.29 is 34.1 Å². The molecule has 0 heterocycles. The van der Waals surface area contributed by atoms with Gasteiger partial charge in [0, 0.05) is 6.42 Å². The first-order valence-electron chi connectivity index (χ1n) is 6.01. The van der Waals surface area contributed by atoms with Gasteiger partial charge in [0.05, 0.1) is 0 Å². The minimum Gasteiger partial charge on any atom is -0.480 e. The monoisotopic (exact) mass is 289 g/mol. The van der Waals surface area contributed by atoms with Crippen molar-refractivity contribution in [3.8, 4) is 0 Å². The zero-order valence-electron chi connectivity index (χ0n) is 11.6. The van der Waals surface area contributed by atoms with E-state index in [0.29, 0.717) is 0 Å². The summed E-state index contributed by atoms with van der Waals surface area (Å²) in [5, 5.41) is 19.5. The van der Waals surface area contributed by atoms with Crippen LogP contribution >= 0.6 is 0 Å². The van der Waals surface area contributed by atoms with Crippen LogP contribution in [0.1, 0.15) is 40.0 Å². The van der Waals surface area contributed by atoms with Gasteiger partial charge >= 0.3 is 18.0 Å². The third-order valence-electron chi connectivity index (χ3n) is 2.12. The minimum atomic E-state index is -1.56. The Bertz CT molecular complexity index is 397. The van der Waals surface area contributed by atoms with Gasteiger partial charge in [-0.25, -0.2) is 14.4 Å². The van der Waals surface area contributed by atoms with Crippen LogP contribution in [0.15, 0.2) is 0 Å². The van der Waals surface area contributed by atoms with Crippen LogP contribution < -0.4 is 5.32 Å². The molecule has 8 heteroatoms. The average molecular weight is 289 g/mol. The highest BCUT2D eigenvalue weighted by atomic mass is 16.6. The van der Waals surface area contributed by atoms with Crippen molar-refractivity contribution >= 4 is 23.8 Å². The van der Waals surface area contributed by atoms with Gasteiger partial charge < -0.3 is 20.3 Å². The highest BCUT2D eigenvalue weighted by Crippen LogP contribution is 2.08. The predicted molar refractivity (Wildman–Crippen MR) is 67.3 cm³/mol. The van der Waals surface area contributed by atoms with Gasteiger partial charge in [-0.05, 0) is 33.6 Å². The number of ketones is 1. The Kier molecular flexibility index (Phi) is 6.67. The van der Waals surface area contributed by atoms with Gasteiger partial charge in [0.15, 0.2) is 0 Å². The van der Waals surface area contributed by atoms with Crippen LogP contribution in [-0.4, -0.2) is 45.7 Å². The highest BCUT2D eigenvalue weighted by Gasteiger charge is 2.24. The van der Waals surface area contributed by atoms with E-state index in [0.717, 1.165) is 0 Å². The Morgan fingerprint density at radius 3 is 2.10 bits per heavy atom. The maximum atomic E-state index is 11.4. The number of carboxylic acid groups (broad SMARTS) is 2. The van der Waals surface area contributed by atoms with E-state index in [9.17, 15) is 19.2 Å². The molecule has 0 aromatic heterocycles. The largest absolute Gasteiger partial charge is 0.480 e. The van der Waals surface area contributed by atoms with Crippen LogP contribution in [0.25, 0.3) is 0 Å². The number of carboxylic acids is 2. The van der Waals surface area contributed by atoms with Crippen LogP contribution in [0, 0.1) is 0 Å². The second-order valence-corrected chi connectivity index (χ2v) is 5.16. The van der Waals surface area contributed by atoms with E-state index < -0.39 is 35.5 Å². The summed E-state index contributed by atoms with van der Waals surface area (Å²) in [6, 6.07) is -1.23. The number of alkyl carbamates (subject to hydrolysis) is 1. The average Bonchev–Trinajstić information content (AvgIpc) is 2.24. The molecule has 114 valence electrons. The van der Waals surface area contributed by atoms with E-state index in [1.807, 2.05) is 0 Å². The van der Waals surface area contributed by atoms with E-state index in [1.165, 1.54) is 0 Å². The lowest BCUT2D eigenvalue weighted by Crippen LogP contribution is -2.43. The molecule has 0 aliphatic heterocycles. The number of carbonyl (C=O) groups is 4. The molecule has 0 aliphatic rings. The van der Waals surface area contributed by atoms with E-state index in [4.69, 9.17) is 14.9 Å². The summed E-state index contributed by atoms with van der Waals surface area (Å²) >= 11 is 0. The Hall–Kier alpha value is -2.12. The first-order valence-corrected chi connectivity index (χ1v) is 6.01. The maximum absolute atomic E-state index is 11.4. The molecule has 0 aromatic carbocycles. The predicted octanol–water partition coefficient (Wildman–Crippen LogP) is 0.788. The van der Waals surface area contributed by atoms with Crippen molar-refractivity contribution in [3.63, 3.8) is 0 Å². The second-order valence-electron chi connectivity index (χ2n) is 5.16. The van der Waals surface area contributed by atoms with E-state index >= 15 is 0 Å². The number of nitrogens with one attached hydrogen (secondary N) is 1. The molecule has 0 bridgehead atoms. The molecule has 0 fully saturated rings. The first kappa shape index (κ1) is 17.9. The van der Waals surface area contributed by atoms with E-state index in [2.05, 4.69) is 5.32 Å². The smallest absolute Gasteiger partial charge is 0.408 e. The summed E-state index contributed by atoms with van der Waals surface area (Å²) in [7, 11) is 0. The fraction of sp³-hybridized carbons (Fsp3) is 0.667. The van der Waals surface area contributed by atoms with Crippen molar-refractivity contribution in [1.82, 2.24) is 5.32 Å². The van der Waals surface area contributed by atoms with Gasteiger partial charge in [-0.3, -0.25) is 4.79 Å². The van der Waals surface area contributed by atoms with Gasteiger partial charge in [-0.1, -0.05) is 0 Å². The molecule has 8 nitrogen and oxygen atoms in total. The molecular formula is C12H19NO7. The first-order chi connectivity index (χ1) is 9.03. The summed E-state index contributed by atoms with van der Waals surface area (Å²) < 4.78 is 4.91. The molecule has 0 saturated heterocycles. The molecule has 3 N–H and O–H groups in total. The van der Waals surface area contributed by atoms with Gasteiger partial charge in [-0.2, -0.15) is 0 Å². The lowest BCUT2D eigenvalue weighted by atomic mass is 10.1. The van der Waals surface area contributed by atoms with Gasteiger partial charge in [0.25, 0.3) is 0 Å². The Morgan fingerprint density at radius 2 is 1.70 bits per heavy atom. The molecule has 0 saturated carbocycles. The van der Waals surface area contributed by atoms with Crippen LogP contribution in [0.5, 0.6) is 0 Å². The van der Waals surface area contributed by atoms with Crippen molar-refractivity contribution in [2.45, 2.75) is 51.7 Å². The number of hydrogen-bond donors (Lipinski definition) is 3. The summed E-state index contributed by atoms with van der Waals surface area (Å²) in [6.45, 7) is 4.90. The standard InChI is InChI=1S/C12H19NO7/c1-12(2,3)20-11(19)13-7(9(15)16)5-4-6-8(14)10(17)18/h7H,4-6H2,1-3H3,(H,13,19)(H,15,16)(H,17,18)/t7-/m0/s1. The zero-order chi connectivity index (χ0) is 15.9. The van der Waals surface area contributed by atoms with Crippen molar-refractivity contribution in [1.29, 1.82) is 0 Å². The number of hydrogen-bond acceptors (Lipinski definition) is 5. The Balaban J connectivity index is 4.31. The third kappa shape index (κ3) is 8.06. The van der Waals surface area contributed by atoms with Crippen LogP contribution in [0.2, 0.25) is 0 Å². The molecule has 0 unspecified atom stereocenters. The SMILES string of the molecule is CC(C)(C)OC(=O)N[C@@H](CCCC(=O)C(=O)O)C(=O)O. The van der Waals surface area contributed by atoms with Gasteiger partial charge in [0.1, 0.15) is 11.6 Å². The molecular weight excluding hydrogens is 270 g/mol. The normalized spacial score (nSPS) is 12.3. The number of amides is 1. The quantitative estimate of drug-likeness (QED) is 0.590. The fourth-order valence-electron chi connectivity index (χ4n) is 1.28. The molecule has 20 heavy (non-hydrogen) atoms. The summed E-state index contributed by atoms with van der Waals surface area (Å²) in [6.07, 6.45) is -1.19.